The van der Waals surface area contributed by atoms with Gasteiger partial charge in [0.25, 0.3) is 12.5 Å². The van der Waals surface area contributed by atoms with Crippen LogP contribution >= 0.6 is 0 Å². The van der Waals surface area contributed by atoms with Crippen molar-refractivity contribution < 1.29 is 9.47 Å². The van der Waals surface area contributed by atoms with Gasteiger partial charge in [0, 0.05) is 0 Å². The summed E-state index contributed by atoms with van der Waals surface area (Å²) in [5.41, 5.74) is 2.78. The minimum absolute atomic E-state index is 0.619. The Balaban J connectivity index is 1.30. The van der Waals surface area contributed by atoms with Gasteiger partial charge in [0.2, 0.25) is 0 Å². The van der Waals surface area contributed by atoms with Crippen molar-refractivity contribution in [3.05, 3.63) is 59.7 Å². The molecular formula is C24H22N2O2. The first-order valence-electron chi connectivity index (χ1n) is 10.1. The maximum absolute atomic E-state index is 8.66. The Hall–Kier alpha value is -2.98. The molecule has 0 aromatic heterocycles. The van der Waals surface area contributed by atoms with Crippen LogP contribution in [0.1, 0.15) is 48.6 Å². The van der Waals surface area contributed by atoms with E-state index < -0.39 is 0 Å². The first-order chi connectivity index (χ1) is 13.8. The third kappa shape index (κ3) is 2.81. The van der Waals surface area contributed by atoms with E-state index >= 15 is 0 Å². The molecule has 0 spiro atoms. The van der Waals surface area contributed by atoms with Gasteiger partial charge in [0.15, 0.2) is 0 Å². The number of nitrogens with zero attached hydrogens (tertiary/aromatic N) is 2. The van der Waals surface area contributed by atoms with E-state index in [4.69, 9.17) is 20.0 Å². The number of benzene rings is 2. The van der Waals surface area contributed by atoms with Gasteiger partial charge >= 0.3 is 0 Å². The molecule has 0 unspecified atom stereocenters. The van der Waals surface area contributed by atoms with E-state index in [1.165, 1.54) is 36.8 Å². The number of nitriles is 2. The average Bonchev–Trinajstić information content (AvgIpc) is 3.42. The first-order valence-corrected chi connectivity index (χ1v) is 10.1. The summed E-state index contributed by atoms with van der Waals surface area (Å²) < 4.78 is 9.83. The molecule has 0 heterocycles. The van der Waals surface area contributed by atoms with Crippen molar-refractivity contribution in [1.29, 1.82) is 10.5 Å². The van der Waals surface area contributed by atoms with E-state index in [2.05, 4.69) is 24.3 Å². The maximum atomic E-state index is 8.66. The minimum Gasteiger partial charge on any atom is -0.388 e. The fourth-order valence-electron chi connectivity index (χ4n) is 6.42. The highest BCUT2D eigenvalue weighted by atomic mass is 16.5. The lowest BCUT2D eigenvalue weighted by atomic mass is 9.73. The van der Waals surface area contributed by atoms with Crippen LogP contribution in [0.15, 0.2) is 48.5 Å². The molecule has 3 fully saturated rings. The van der Waals surface area contributed by atoms with Crippen LogP contribution in [-0.4, -0.2) is 0 Å². The van der Waals surface area contributed by atoms with E-state index in [0.29, 0.717) is 23.3 Å². The molecule has 0 N–H and O–H groups in total. The zero-order valence-corrected chi connectivity index (χ0v) is 15.6. The Morgan fingerprint density at radius 2 is 1.21 bits per heavy atom. The predicted molar refractivity (Wildman–Crippen MR) is 103 cm³/mol. The molecule has 4 nitrogen and oxygen atoms in total. The molecule has 0 aliphatic heterocycles. The highest BCUT2D eigenvalue weighted by molar-refractivity contribution is 5.34. The topological polar surface area (TPSA) is 66.0 Å². The van der Waals surface area contributed by atoms with Crippen molar-refractivity contribution in [2.24, 2.45) is 23.7 Å². The Morgan fingerprint density at radius 1 is 0.643 bits per heavy atom. The van der Waals surface area contributed by atoms with Gasteiger partial charge in [-0.05, 0) is 96.6 Å². The van der Waals surface area contributed by atoms with Gasteiger partial charge in [-0.15, -0.1) is 10.5 Å². The molecule has 6 atom stereocenters. The molecule has 28 heavy (non-hydrogen) atoms. The van der Waals surface area contributed by atoms with Crippen LogP contribution in [0.5, 0.6) is 11.5 Å². The van der Waals surface area contributed by atoms with Crippen molar-refractivity contribution in [1.82, 2.24) is 0 Å². The summed E-state index contributed by atoms with van der Waals surface area (Å²) in [4.78, 5) is 0. The van der Waals surface area contributed by atoms with Gasteiger partial charge < -0.3 is 9.47 Å². The molecule has 2 aromatic carbocycles. The number of hydrogen-bond acceptors (Lipinski definition) is 4. The lowest BCUT2D eigenvalue weighted by Crippen LogP contribution is -2.23. The van der Waals surface area contributed by atoms with Crippen LogP contribution in [0.3, 0.4) is 0 Å². The van der Waals surface area contributed by atoms with Crippen molar-refractivity contribution in [2.75, 3.05) is 0 Å². The van der Waals surface area contributed by atoms with Crippen LogP contribution in [0, 0.1) is 46.7 Å². The number of rotatable bonds is 4. The lowest BCUT2D eigenvalue weighted by molar-refractivity contribution is 0.232. The summed E-state index contributed by atoms with van der Waals surface area (Å²) in [6, 6.07) is 16.2. The van der Waals surface area contributed by atoms with E-state index in [-0.39, 0.29) is 0 Å². The summed E-state index contributed by atoms with van der Waals surface area (Å²) in [6.07, 6.45) is 8.71. The number of fused-ring (bicyclic) bond motifs is 5. The van der Waals surface area contributed by atoms with E-state index in [9.17, 15) is 0 Å². The molecule has 140 valence electrons. The van der Waals surface area contributed by atoms with Crippen LogP contribution in [0.25, 0.3) is 0 Å². The number of ether oxygens (including phenoxy) is 2. The first kappa shape index (κ1) is 17.1. The summed E-state index contributed by atoms with van der Waals surface area (Å²) in [5, 5.41) is 17.3. The summed E-state index contributed by atoms with van der Waals surface area (Å²) in [5.74, 6) is 5.83. The van der Waals surface area contributed by atoms with E-state index in [1.807, 2.05) is 24.3 Å². The molecular weight excluding hydrogens is 348 g/mol. The van der Waals surface area contributed by atoms with Crippen LogP contribution in [0.2, 0.25) is 0 Å². The molecule has 0 amide bonds. The lowest BCUT2D eigenvalue weighted by Gasteiger charge is -2.31. The second kappa shape index (κ2) is 6.88. The minimum atomic E-state index is 0.619. The normalized spacial score (nSPS) is 32.4. The fourth-order valence-corrected chi connectivity index (χ4v) is 6.42. The van der Waals surface area contributed by atoms with Gasteiger partial charge in [-0.1, -0.05) is 24.3 Å². The molecule has 3 aliphatic rings. The summed E-state index contributed by atoms with van der Waals surface area (Å²) >= 11 is 0. The van der Waals surface area contributed by atoms with E-state index in [0.717, 1.165) is 23.7 Å². The Labute approximate surface area is 165 Å². The van der Waals surface area contributed by atoms with Crippen molar-refractivity contribution in [3.8, 4) is 24.0 Å². The van der Waals surface area contributed by atoms with Gasteiger partial charge in [0.05, 0.1) is 0 Å². The second-order valence-corrected chi connectivity index (χ2v) is 8.52. The molecule has 2 bridgehead atoms. The van der Waals surface area contributed by atoms with Crippen LogP contribution in [0.4, 0.5) is 0 Å². The second-order valence-electron chi connectivity index (χ2n) is 8.52. The maximum Gasteiger partial charge on any atom is 0.292 e. The third-order valence-corrected chi connectivity index (χ3v) is 7.45. The molecule has 0 saturated heterocycles. The smallest absolute Gasteiger partial charge is 0.292 e. The molecule has 2 aromatic rings. The Morgan fingerprint density at radius 3 is 1.82 bits per heavy atom. The quantitative estimate of drug-likeness (QED) is 0.681. The third-order valence-electron chi connectivity index (χ3n) is 7.45. The van der Waals surface area contributed by atoms with Crippen molar-refractivity contribution in [2.45, 2.75) is 37.5 Å². The van der Waals surface area contributed by atoms with Gasteiger partial charge in [-0.3, -0.25) is 0 Å². The largest absolute Gasteiger partial charge is 0.388 e. The molecule has 0 radical (unpaired) electrons. The Kier molecular flexibility index (Phi) is 4.21. The van der Waals surface area contributed by atoms with Crippen LogP contribution < -0.4 is 9.47 Å². The fraction of sp³-hybridized carbons (Fsp3) is 0.417. The Bertz CT molecular complexity index is 939. The zero-order chi connectivity index (χ0) is 19.1. The molecule has 5 rings (SSSR count). The van der Waals surface area contributed by atoms with Gasteiger partial charge in [-0.2, -0.15) is 0 Å². The monoisotopic (exact) mass is 370 g/mol. The average molecular weight is 370 g/mol. The van der Waals surface area contributed by atoms with E-state index in [1.54, 1.807) is 12.5 Å². The molecule has 3 saturated carbocycles. The zero-order valence-electron chi connectivity index (χ0n) is 15.6. The molecule has 4 heteroatoms. The van der Waals surface area contributed by atoms with Crippen molar-refractivity contribution >= 4 is 0 Å². The molecule has 3 aliphatic carbocycles. The summed E-state index contributed by atoms with van der Waals surface area (Å²) in [7, 11) is 0. The number of hydrogen-bond donors (Lipinski definition) is 0. The SMILES string of the molecule is N#COc1ccc([C@H]2C[C@@H]3[C@@H](C2)[C@H]2C[C@@H]3[C@@H](c3ccc(OC#N)cc3)C2)cc1. The standard InChI is InChI=1S/C24H22N2O2/c25-13-27-19-5-1-15(2-6-19)17-9-22-18-11-21(24(12-18)23(22)10-17)16-3-7-20(8-4-16)28-14-26/h1-8,17-18,21-24H,9-12H2/t17-,18-,21-,22+,23-,24-/m1/s1. The van der Waals surface area contributed by atoms with Crippen molar-refractivity contribution in [3.63, 3.8) is 0 Å². The predicted octanol–water partition coefficient (Wildman–Crippen LogP) is 5.34. The highest BCUT2D eigenvalue weighted by Crippen LogP contribution is 2.65. The van der Waals surface area contributed by atoms with Gasteiger partial charge in [-0.25, -0.2) is 0 Å². The van der Waals surface area contributed by atoms with Gasteiger partial charge in [0.1, 0.15) is 11.5 Å². The summed E-state index contributed by atoms with van der Waals surface area (Å²) in [6.45, 7) is 0. The van der Waals surface area contributed by atoms with Crippen LogP contribution in [-0.2, 0) is 0 Å². The highest BCUT2D eigenvalue weighted by Gasteiger charge is 2.56.